The second kappa shape index (κ2) is 9.60. The van der Waals surface area contributed by atoms with Crippen LogP contribution >= 0.6 is 58.8 Å². The van der Waals surface area contributed by atoms with Crippen LogP contribution in [0.1, 0.15) is 5.56 Å². The van der Waals surface area contributed by atoms with Gasteiger partial charge in [0.1, 0.15) is 0 Å². The highest BCUT2D eigenvalue weighted by molar-refractivity contribution is 7.98. The number of benzene rings is 2. The van der Waals surface area contributed by atoms with Crippen molar-refractivity contribution in [2.75, 3.05) is 17.6 Å². The van der Waals surface area contributed by atoms with E-state index in [1.807, 2.05) is 42.5 Å². The van der Waals surface area contributed by atoms with Crippen molar-refractivity contribution in [2.24, 2.45) is 0 Å². The van der Waals surface area contributed by atoms with Gasteiger partial charge < -0.3 is 10.6 Å². The third-order valence-corrected chi connectivity index (χ3v) is 5.25. The Hall–Kier alpha value is -0.650. The number of hydrogen-bond donors (Lipinski definition) is 2. The lowest BCUT2D eigenvalue weighted by atomic mass is 10.2. The molecule has 0 heterocycles. The molecule has 0 atom stereocenters. The lowest BCUT2D eigenvalue weighted by Gasteiger charge is -2.11. The quantitative estimate of drug-likeness (QED) is 0.464. The lowest BCUT2D eigenvalue weighted by molar-refractivity contribution is 0.990. The normalized spacial score (nSPS) is 10.4. The van der Waals surface area contributed by atoms with Crippen LogP contribution in [-0.2, 0) is 5.75 Å². The minimum Gasteiger partial charge on any atom is -0.362 e. The van der Waals surface area contributed by atoms with Gasteiger partial charge in [0.25, 0.3) is 0 Å². The second-order valence-corrected chi connectivity index (χ2v) is 7.40. The number of hydrogen-bond acceptors (Lipinski definition) is 2. The van der Waals surface area contributed by atoms with Crippen molar-refractivity contribution in [3.05, 3.63) is 63.1 Å². The minimum absolute atomic E-state index is 0.563. The van der Waals surface area contributed by atoms with Crippen molar-refractivity contribution >= 4 is 69.6 Å². The van der Waals surface area contributed by atoms with E-state index in [9.17, 15) is 0 Å². The molecule has 2 nitrogen and oxygen atoms in total. The Labute approximate surface area is 160 Å². The van der Waals surface area contributed by atoms with Crippen molar-refractivity contribution in [1.82, 2.24) is 5.32 Å². The molecular weight excluding hydrogens is 391 g/mol. The molecule has 23 heavy (non-hydrogen) atoms. The van der Waals surface area contributed by atoms with Gasteiger partial charge in [0.15, 0.2) is 5.11 Å². The molecule has 7 heteroatoms. The fourth-order valence-electron chi connectivity index (χ4n) is 1.79. The number of thioether (sulfide) groups is 1. The maximum atomic E-state index is 6.07. The third-order valence-electron chi connectivity index (χ3n) is 2.91. The molecular formula is C16H15Cl3N2S2. The molecule has 2 aromatic carbocycles. The zero-order valence-electron chi connectivity index (χ0n) is 12.1. The van der Waals surface area contributed by atoms with Gasteiger partial charge in [-0.15, -0.1) is 0 Å². The Bertz CT molecular complexity index is 680. The molecule has 0 fully saturated rings. The van der Waals surface area contributed by atoms with E-state index in [0.29, 0.717) is 20.2 Å². The van der Waals surface area contributed by atoms with Crippen LogP contribution in [-0.4, -0.2) is 17.4 Å². The van der Waals surface area contributed by atoms with E-state index in [2.05, 4.69) is 10.6 Å². The molecule has 0 saturated heterocycles. The van der Waals surface area contributed by atoms with Gasteiger partial charge in [0, 0.05) is 18.1 Å². The van der Waals surface area contributed by atoms with Crippen molar-refractivity contribution in [3.63, 3.8) is 0 Å². The number of halogens is 3. The van der Waals surface area contributed by atoms with E-state index in [1.54, 1.807) is 11.8 Å². The van der Waals surface area contributed by atoms with Crippen LogP contribution < -0.4 is 10.6 Å². The monoisotopic (exact) mass is 404 g/mol. The van der Waals surface area contributed by atoms with Gasteiger partial charge in [0.2, 0.25) is 0 Å². The Kier molecular flexibility index (Phi) is 7.80. The SMILES string of the molecule is S=C(NCCSCc1ccc(Cl)c(Cl)c1)Nc1ccccc1Cl. The van der Waals surface area contributed by atoms with Crippen molar-refractivity contribution in [1.29, 1.82) is 0 Å². The van der Waals surface area contributed by atoms with Crippen molar-refractivity contribution < 1.29 is 0 Å². The average Bonchev–Trinajstić information content (AvgIpc) is 2.53. The summed E-state index contributed by atoms with van der Waals surface area (Å²) in [6.07, 6.45) is 0. The van der Waals surface area contributed by atoms with E-state index in [4.69, 9.17) is 47.0 Å². The van der Waals surface area contributed by atoms with Crippen LogP contribution in [0, 0.1) is 0 Å². The maximum absolute atomic E-state index is 6.07. The van der Waals surface area contributed by atoms with E-state index in [1.165, 1.54) is 0 Å². The Morgan fingerprint density at radius 1 is 1.00 bits per heavy atom. The third kappa shape index (κ3) is 6.40. The van der Waals surface area contributed by atoms with E-state index in [0.717, 1.165) is 29.3 Å². The topological polar surface area (TPSA) is 24.1 Å². The van der Waals surface area contributed by atoms with Crippen LogP contribution in [0.25, 0.3) is 0 Å². The highest BCUT2D eigenvalue weighted by Gasteiger charge is 2.02. The van der Waals surface area contributed by atoms with Crippen LogP contribution in [0.2, 0.25) is 15.1 Å². The predicted octanol–water partition coefficient (Wildman–Crippen LogP) is 5.87. The predicted molar refractivity (Wildman–Crippen MR) is 108 cm³/mol. The van der Waals surface area contributed by atoms with Gasteiger partial charge in [-0.3, -0.25) is 0 Å². The molecule has 0 radical (unpaired) electrons. The largest absolute Gasteiger partial charge is 0.362 e. The van der Waals surface area contributed by atoms with Crippen molar-refractivity contribution in [2.45, 2.75) is 5.75 Å². The van der Waals surface area contributed by atoms with Crippen molar-refractivity contribution in [3.8, 4) is 0 Å². The Morgan fingerprint density at radius 3 is 2.52 bits per heavy atom. The van der Waals surface area contributed by atoms with Gasteiger partial charge >= 0.3 is 0 Å². The average molecular weight is 406 g/mol. The Morgan fingerprint density at radius 2 is 1.78 bits per heavy atom. The molecule has 2 N–H and O–H groups in total. The van der Waals surface area contributed by atoms with Crippen LogP contribution in [0.15, 0.2) is 42.5 Å². The number of rotatable bonds is 6. The molecule has 0 saturated carbocycles. The molecule has 122 valence electrons. The fourth-order valence-corrected chi connectivity index (χ4v) is 3.31. The summed E-state index contributed by atoms with van der Waals surface area (Å²) in [6.45, 7) is 0.766. The first-order valence-electron chi connectivity index (χ1n) is 6.87. The van der Waals surface area contributed by atoms with Crippen LogP contribution in [0.5, 0.6) is 0 Å². The van der Waals surface area contributed by atoms with E-state index in [-0.39, 0.29) is 0 Å². The summed E-state index contributed by atoms with van der Waals surface area (Å²) in [4.78, 5) is 0. The summed E-state index contributed by atoms with van der Waals surface area (Å²) in [6, 6.07) is 13.2. The summed E-state index contributed by atoms with van der Waals surface area (Å²) in [7, 11) is 0. The summed E-state index contributed by atoms with van der Waals surface area (Å²) >= 11 is 25.0. The molecule has 0 aliphatic heterocycles. The highest BCUT2D eigenvalue weighted by Crippen LogP contribution is 2.24. The second-order valence-electron chi connectivity index (χ2n) is 4.66. The number of nitrogens with one attached hydrogen (secondary N) is 2. The van der Waals surface area contributed by atoms with Gasteiger partial charge in [-0.1, -0.05) is 53.0 Å². The fraction of sp³-hybridized carbons (Fsp3) is 0.188. The van der Waals surface area contributed by atoms with Crippen LogP contribution in [0.3, 0.4) is 0 Å². The molecule has 0 aliphatic rings. The number of anilines is 1. The first-order chi connectivity index (χ1) is 11.1. The van der Waals surface area contributed by atoms with Gasteiger partial charge in [-0.2, -0.15) is 11.8 Å². The molecule has 0 spiro atoms. The smallest absolute Gasteiger partial charge is 0.170 e. The first kappa shape index (κ1) is 18.7. The molecule has 0 aliphatic carbocycles. The molecule has 0 aromatic heterocycles. The summed E-state index contributed by atoms with van der Waals surface area (Å²) in [5.41, 5.74) is 1.95. The zero-order chi connectivity index (χ0) is 16.7. The molecule has 0 bridgehead atoms. The summed E-state index contributed by atoms with van der Waals surface area (Å²) in [5.74, 6) is 1.80. The molecule has 0 amide bonds. The summed E-state index contributed by atoms with van der Waals surface area (Å²) < 4.78 is 0. The molecule has 0 unspecified atom stereocenters. The van der Waals surface area contributed by atoms with E-state index >= 15 is 0 Å². The standard InChI is InChI=1S/C16H15Cl3N2S2/c17-12-6-5-11(9-14(12)19)10-23-8-7-20-16(22)21-15-4-2-1-3-13(15)18/h1-6,9H,7-8,10H2,(H2,20,21,22). The number of thiocarbonyl (C=S) groups is 1. The summed E-state index contributed by atoms with van der Waals surface area (Å²) in [5, 5.41) is 8.62. The van der Waals surface area contributed by atoms with E-state index < -0.39 is 0 Å². The minimum atomic E-state index is 0.563. The van der Waals surface area contributed by atoms with Gasteiger partial charge in [0.05, 0.1) is 20.8 Å². The highest BCUT2D eigenvalue weighted by atomic mass is 35.5. The maximum Gasteiger partial charge on any atom is 0.170 e. The zero-order valence-corrected chi connectivity index (χ0v) is 16.0. The first-order valence-corrected chi connectivity index (χ1v) is 9.57. The Balaban J connectivity index is 1.66. The van der Waals surface area contributed by atoms with Gasteiger partial charge in [-0.05, 0) is 42.0 Å². The van der Waals surface area contributed by atoms with Gasteiger partial charge in [-0.25, -0.2) is 0 Å². The lowest BCUT2D eigenvalue weighted by Crippen LogP contribution is -2.30. The van der Waals surface area contributed by atoms with Crippen LogP contribution in [0.4, 0.5) is 5.69 Å². The number of para-hydroxylation sites is 1. The molecule has 2 rings (SSSR count). The molecule has 2 aromatic rings.